The Balaban J connectivity index is 1.44. The number of benzene rings is 2. The Morgan fingerprint density at radius 2 is 1.66 bits per heavy atom. The van der Waals surface area contributed by atoms with E-state index in [0.717, 1.165) is 28.2 Å². The number of amides is 1. The molecule has 3 aromatic heterocycles. The van der Waals surface area contributed by atoms with Crippen LogP contribution in [0, 0.1) is 0 Å². The van der Waals surface area contributed by atoms with E-state index in [4.69, 9.17) is 5.10 Å². The van der Waals surface area contributed by atoms with Crippen molar-refractivity contribution in [2.24, 2.45) is 0 Å². The van der Waals surface area contributed by atoms with Crippen LogP contribution >= 0.6 is 0 Å². The van der Waals surface area contributed by atoms with Crippen molar-refractivity contribution in [3.05, 3.63) is 114 Å². The predicted molar refractivity (Wildman–Crippen MR) is 136 cm³/mol. The zero-order chi connectivity index (χ0) is 24.2. The number of nitrogens with one attached hydrogen (secondary N) is 1. The molecule has 0 aliphatic heterocycles. The minimum Gasteiger partial charge on any atom is -0.348 e. The molecule has 0 fully saturated rings. The lowest BCUT2D eigenvalue weighted by molar-refractivity contribution is 0.0949. The highest BCUT2D eigenvalue weighted by molar-refractivity contribution is 5.95. The number of carbonyl (C=O) groups excluding carboxylic acids is 1. The predicted octanol–water partition coefficient (Wildman–Crippen LogP) is 5.17. The average molecular weight is 463 g/mol. The van der Waals surface area contributed by atoms with Crippen LogP contribution in [0.4, 0.5) is 0 Å². The van der Waals surface area contributed by atoms with E-state index in [2.05, 4.69) is 15.4 Å². The summed E-state index contributed by atoms with van der Waals surface area (Å²) >= 11 is 0. The lowest BCUT2D eigenvalue weighted by atomic mass is 10.0. The van der Waals surface area contributed by atoms with Crippen LogP contribution in [-0.4, -0.2) is 30.5 Å². The first-order valence-corrected chi connectivity index (χ1v) is 11.6. The number of aromatic nitrogens is 5. The van der Waals surface area contributed by atoms with Crippen molar-refractivity contribution in [2.75, 3.05) is 0 Å². The van der Waals surface area contributed by atoms with Crippen LogP contribution in [0.5, 0.6) is 0 Å². The van der Waals surface area contributed by atoms with Gasteiger partial charge < -0.3 is 5.32 Å². The second-order valence-electron chi connectivity index (χ2n) is 8.53. The molecule has 0 atom stereocenters. The van der Waals surface area contributed by atoms with E-state index >= 15 is 0 Å². The van der Waals surface area contributed by atoms with Crippen LogP contribution in [0.3, 0.4) is 0 Å². The molecule has 0 bridgehead atoms. The Morgan fingerprint density at radius 3 is 2.34 bits per heavy atom. The molecule has 0 saturated carbocycles. The maximum absolute atomic E-state index is 13.3. The third-order valence-corrected chi connectivity index (χ3v) is 5.76. The van der Waals surface area contributed by atoms with E-state index in [1.54, 1.807) is 17.1 Å². The molecule has 0 radical (unpaired) electrons. The molecule has 174 valence electrons. The van der Waals surface area contributed by atoms with E-state index in [1.165, 1.54) is 0 Å². The molecule has 5 aromatic rings. The fourth-order valence-corrected chi connectivity index (χ4v) is 4.11. The van der Waals surface area contributed by atoms with Crippen molar-refractivity contribution >= 4 is 5.91 Å². The van der Waals surface area contributed by atoms with E-state index in [1.807, 2.05) is 104 Å². The first-order chi connectivity index (χ1) is 17.1. The maximum Gasteiger partial charge on any atom is 0.255 e. The van der Waals surface area contributed by atoms with Gasteiger partial charge in [0.25, 0.3) is 5.91 Å². The number of rotatable bonds is 7. The van der Waals surface area contributed by atoms with Gasteiger partial charge in [0.05, 0.1) is 28.8 Å². The minimum absolute atomic E-state index is 0.0842. The summed E-state index contributed by atoms with van der Waals surface area (Å²) < 4.78 is 3.59. The molecule has 7 heteroatoms. The van der Waals surface area contributed by atoms with Crippen molar-refractivity contribution in [3.63, 3.8) is 0 Å². The van der Waals surface area contributed by atoms with Crippen molar-refractivity contribution in [1.82, 2.24) is 29.9 Å². The highest BCUT2D eigenvalue weighted by Gasteiger charge is 2.22. The number of hydrogen-bond donors (Lipinski definition) is 1. The molecule has 1 amide bonds. The minimum atomic E-state index is -0.178. The fraction of sp³-hybridized carbons (Fsp3) is 0.143. The molecular weight excluding hydrogens is 436 g/mol. The molecule has 1 N–H and O–H groups in total. The van der Waals surface area contributed by atoms with Crippen molar-refractivity contribution in [1.29, 1.82) is 0 Å². The number of carbonyl (C=O) groups is 1. The summed E-state index contributed by atoms with van der Waals surface area (Å²) in [6.07, 6.45) is 5.31. The van der Waals surface area contributed by atoms with Gasteiger partial charge in [-0.3, -0.25) is 4.79 Å². The third-order valence-electron chi connectivity index (χ3n) is 5.76. The Hall–Kier alpha value is -4.52. The quantitative estimate of drug-likeness (QED) is 0.362. The Kier molecular flexibility index (Phi) is 6.22. The van der Waals surface area contributed by atoms with Gasteiger partial charge in [0, 0.05) is 30.1 Å². The molecule has 3 heterocycles. The lowest BCUT2D eigenvalue weighted by Gasteiger charge is -2.12. The van der Waals surface area contributed by atoms with E-state index in [0.29, 0.717) is 17.9 Å². The van der Waals surface area contributed by atoms with Gasteiger partial charge in [0.1, 0.15) is 0 Å². The van der Waals surface area contributed by atoms with Gasteiger partial charge in [0.2, 0.25) is 0 Å². The van der Waals surface area contributed by atoms with E-state index < -0.39 is 0 Å². The monoisotopic (exact) mass is 462 g/mol. The zero-order valence-electron chi connectivity index (χ0n) is 19.7. The van der Waals surface area contributed by atoms with Gasteiger partial charge in [-0.05, 0) is 30.2 Å². The number of nitrogens with zero attached hydrogens (tertiary/aromatic N) is 5. The standard InChI is InChI=1S/C28H26N6O/c1-20(2)27-24(18-31-34(27)25-15-9-10-16-29-25)28(35)30-17-22-19-33(23-13-7-4-8-14-23)32-26(22)21-11-5-3-6-12-21/h3-16,18-20H,17H2,1-2H3,(H,30,35). The third kappa shape index (κ3) is 4.61. The SMILES string of the molecule is CC(C)c1c(C(=O)NCc2cn(-c3ccccc3)nc2-c2ccccc2)cnn1-c1ccccn1. The van der Waals surface area contributed by atoms with Crippen molar-refractivity contribution < 1.29 is 4.79 Å². The summed E-state index contributed by atoms with van der Waals surface area (Å²) in [5.41, 5.74) is 5.09. The molecule has 0 aliphatic rings. The molecule has 5 rings (SSSR count). The largest absolute Gasteiger partial charge is 0.348 e. The summed E-state index contributed by atoms with van der Waals surface area (Å²) in [6, 6.07) is 25.6. The van der Waals surface area contributed by atoms with Gasteiger partial charge in [-0.1, -0.05) is 68.4 Å². The lowest BCUT2D eigenvalue weighted by Crippen LogP contribution is -2.24. The summed E-state index contributed by atoms with van der Waals surface area (Å²) in [6.45, 7) is 4.43. The van der Waals surface area contributed by atoms with Crippen LogP contribution in [0.25, 0.3) is 22.8 Å². The maximum atomic E-state index is 13.3. The van der Waals surface area contributed by atoms with Crippen LogP contribution in [0.15, 0.2) is 97.5 Å². The van der Waals surface area contributed by atoms with Crippen molar-refractivity contribution in [2.45, 2.75) is 26.3 Å². The smallest absolute Gasteiger partial charge is 0.255 e. The van der Waals surface area contributed by atoms with Crippen LogP contribution < -0.4 is 5.32 Å². The molecular formula is C28H26N6O. The first-order valence-electron chi connectivity index (χ1n) is 11.6. The molecule has 7 nitrogen and oxygen atoms in total. The van der Waals surface area contributed by atoms with Gasteiger partial charge in [-0.25, -0.2) is 14.3 Å². The Morgan fingerprint density at radius 1 is 0.943 bits per heavy atom. The Labute approximate surface area is 204 Å². The van der Waals surface area contributed by atoms with Gasteiger partial charge >= 0.3 is 0 Å². The molecule has 2 aromatic carbocycles. The van der Waals surface area contributed by atoms with Gasteiger partial charge in [-0.2, -0.15) is 10.2 Å². The second-order valence-corrected chi connectivity index (χ2v) is 8.53. The summed E-state index contributed by atoms with van der Waals surface area (Å²) in [5.74, 6) is 0.592. The first kappa shape index (κ1) is 22.3. The number of hydrogen-bond acceptors (Lipinski definition) is 4. The van der Waals surface area contributed by atoms with E-state index in [9.17, 15) is 4.79 Å². The number of pyridine rings is 1. The second kappa shape index (κ2) is 9.77. The summed E-state index contributed by atoms with van der Waals surface area (Å²) in [5, 5.41) is 12.4. The van der Waals surface area contributed by atoms with Crippen LogP contribution in [0.2, 0.25) is 0 Å². The van der Waals surface area contributed by atoms with Crippen LogP contribution in [0.1, 0.15) is 41.4 Å². The highest BCUT2D eigenvalue weighted by atomic mass is 16.1. The van der Waals surface area contributed by atoms with Gasteiger partial charge in [-0.15, -0.1) is 0 Å². The highest BCUT2D eigenvalue weighted by Crippen LogP contribution is 2.25. The van der Waals surface area contributed by atoms with E-state index in [-0.39, 0.29) is 11.8 Å². The topological polar surface area (TPSA) is 77.6 Å². The summed E-state index contributed by atoms with van der Waals surface area (Å²) in [7, 11) is 0. The molecule has 0 unspecified atom stereocenters. The fourth-order valence-electron chi connectivity index (χ4n) is 4.11. The normalized spacial score (nSPS) is 11.1. The molecule has 0 spiro atoms. The van der Waals surface area contributed by atoms with Crippen molar-refractivity contribution in [3.8, 4) is 22.8 Å². The van der Waals surface area contributed by atoms with Crippen LogP contribution in [-0.2, 0) is 6.54 Å². The molecule has 35 heavy (non-hydrogen) atoms. The summed E-state index contributed by atoms with van der Waals surface area (Å²) in [4.78, 5) is 17.7. The zero-order valence-corrected chi connectivity index (χ0v) is 19.7. The molecule has 0 aliphatic carbocycles. The van der Waals surface area contributed by atoms with Gasteiger partial charge in [0.15, 0.2) is 5.82 Å². The number of para-hydroxylation sites is 1. The Bertz CT molecular complexity index is 1420. The average Bonchev–Trinajstić information content (AvgIpc) is 3.54. The molecule has 0 saturated heterocycles.